The van der Waals surface area contributed by atoms with Crippen molar-refractivity contribution >= 4 is 17.2 Å². The molecule has 2 N–H and O–H groups in total. The monoisotopic (exact) mass is 238 g/mol. The van der Waals surface area contributed by atoms with Gasteiger partial charge in [0.1, 0.15) is 0 Å². The fourth-order valence-electron chi connectivity index (χ4n) is 2.09. The van der Waals surface area contributed by atoms with Crippen LogP contribution in [-0.4, -0.2) is 18.5 Å². The summed E-state index contributed by atoms with van der Waals surface area (Å²) in [7, 11) is 0. The van der Waals surface area contributed by atoms with E-state index >= 15 is 0 Å². The smallest absolute Gasteiger partial charge is 0.237 e. The van der Waals surface area contributed by atoms with Crippen molar-refractivity contribution < 1.29 is 4.79 Å². The molecule has 0 spiro atoms. The molecule has 1 aromatic rings. The maximum absolute atomic E-state index is 12.0. The lowest BCUT2D eigenvalue weighted by Crippen LogP contribution is -2.44. The summed E-state index contributed by atoms with van der Waals surface area (Å²) in [6, 6.07) is 2.15. The van der Waals surface area contributed by atoms with Gasteiger partial charge in [0, 0.05) is 0 Å². The molecule has 16 heavy (non-hydrogen) atoms. The van der Waals surface area contributed by atoms with Gasteiger partial charge in [-0.05, 0) is 48.2 Å². The maximum Gasteiger partial charge on any atom is 0.237 e. The predicted molar refractivity (Wildman–Crippen MR) is 66.4 cm³/mol. The number of carbonyl (C=O) groups is 1. The first-order valence-corrected chi connectivity index (χ1v) is 6.68. The van der Waals surface area contributed by atoms with Gasteiger partial charge in [-0.1, -0.05) is 6.92 Å². The Hall–Kier alpha value is -0.870. The molecule has 1 amide bonds. The second-order valence-electron chi connectivity index (χ2n) is 4.48. The number of nitrogens with one attached hydrogen (secondary N) is 2. The molecule has 0 aromatic carbocycles. The Morgan fingerprint density at radius 3 is 3.06 bits per heavy atom. The highest BCUT2D eigenvalue weighted by atomic mass is 32.1. The van der Waals surface area contributed by atoms with Crippen LogP contribution in [-0.2, 0) is 4.79 Å². The Bertz CT molecular complexity index is 350. The molecule has 1 saturated heterocycles. The number of carbonyl (C=O) groups excluding carboxylic acids is 1. The summed E-state index contributed by atoms with van der Waals surface area (Å²) < 4.78 is 0. The van der Waals surface area contributed by atoms with Crippen LogP contribution < -0.4 is 10.6 Å². The maximum atomic E-state index is 12.0. The van der Waals surface area contributed by atoms with Gasteiger partial charge in [0.05, 0.1) is 12.1 Å². The van der Waals surface area contributed by atoms with Crippen LogP contribution in [0.2, 0.25) is 0 Å². The van der Waals surface area contributed by atoms with Gasteiger partial charge in [0.15, 0.2) is 0 Å². The largest absolute Gasteiger partial charge is 0.348 e. The molecule has 0 aliphatic carbocycles. The Morgan fingerprint density at radius 2 is 2.50 bits per heavy atom. The highest BCUT2D eigenvalue weighted by Gasteiger charge is 2.29. The number of hydrogen-bond acceptors (Lipinski definition) is 3. The molecule has 1 fully saturated rings. The van der Waals surface area contributed by atoms with Crippen molar-refractivity contribution in [2.45, 2.75) is 32.4 Å². The first-order valence-electron chi connectivity index (χ1n) is 5.74. The van der Waals surface area contributed by atoms with Crippen molar-refractivity contribution in [3.05, 3.63) is 22.4 Å². The highest BCUT2D eigenvalue weighted by Crippen LogP contribution is 2.18. The van der Waals surface area contributed by atoms with E-state index in [0.29, 0.717) is 5.92 Å². The van der Waals surface area contributed by atoms with Gasteiger partial charge >= 0.3 is 0 Å². The zero-order chi connectivity index (χ0) is 11.5. The van der Waals surface area contributed by atoms with E-state index in [2.05, 4.69) is 29.0 Å². The third-order valence-electron chi connectivity index (χ3n) is 3.22. The summed E-state index contributed by atoms with van der Waals surface area (Å²) in [6.45, 7) is 5.10. The van der Waals surface area contributed by atoms with Crippen LogP contribution in [0.4, 0.5) is 0 Å². The Labute approximate surface area is 100 Å². The standard InChI is InChI=1S/C12H18N2OS/c1-8-3-5-13-11(8)12(15)14-9(2)10-4-6-16-7-10/h4,6-9,11,13H,3,5H2,1-2H3,(H,14,15). The second-order valence-corrected chi connectivity index (χ2v) is 5.26. The summed E-state index contributed by atoms with van der Waals surface area (Å²) in [5.74, 6) is 0.568. The number of thiophene rings is 1. The van der Waals surface area contributed by atoms with Crippen molar-refractivity contribution in [2.75, 3.05) is 6.54 Å². The number of rotatable bonds is 3. The minimum absolute atomic E-state index is 0.0129. The van der Waals surface area contributed by atoms with Crippen molar-refractivity contribution in [2.24, 2.45) is 5.92 Å². The van der Waals surface area contributed by atoms with E-state index < -0.39 is 0 Å². The lowest BCUT2D eigenvalue weighted by Gasteiger charge is -2.19. The van der Waals surface area contributed by atoms with Crippen LogP contribution in [0, 0.1) is 5.92 Å². The van der Waals surface area contributed by atoms with Crippen molar-refractivity contribution in [3.8, 4) is 0 Å². The number of amides is 1. The van der Waals surface area contributed by atoms with Crippen LogP contribution in [0.5, 0.6) is 0 Å². The average Bonchev–Trinajstić information content (AvgIpc) is 2.86. The molecule has 2 heterocycles. The topological polar surface area (TPSA) is 41.1 Å². The van der Waals surface area contributed by atoms with E-state index in [1.807, 2.05) is 12.3 Å². The van der Waals surface area contributed by atoms with E-state index in [4.69, 9.17) is 0 Å². The van der Waals surface area contributed by atoms with E-state index in [1.165, 1.54) is 5.56 Å². The SMILES string of the molecule is CC(NC(=O)C1NCCC1C)c1ccsc1. The van der Waals surface area contributed by atoms with E-state index in [0.717, 1.165) is 13.0 Å². The molecule has 3 nitrogen and oxygen atoms in total. The first kappa shape index (κ1) is 11.6. The highest BCUT2D eigenvalue weighted by molar-refractivity contribution is 7.07. The van der Waals surface area contributed by atoms with E-state index in [9.17, 15) is 4.79 Å². The Morgan fingerprint density at radius 1 is 1.69 bits per heavy atom. The summed E-state index contributed by atoms with van der Waals surface area (Å²) >= 11 is 1.66. The third kappa shape index (κ3) is 2.44. The van der Waals surface area contributed by atoms with Gasteiger partial charge < -0.3 is 10.6 Å². The molecule has 1 aliphatic rings. The Balaban J connectivity index is 1.92. The summed E-state index contributed by atoms with van der Waals surface area (Å²) in [5.41, 5.74) is 1.18. The van der Waals surface area contributed by atoms with Crippen LogP contribution in [0.25, 0.3) is 0 Å². The van der Waals surface area contributed by atoms with Crippen LogP contribution in [0.15, 0.2) is 16.8 Å². The normalized spacial score (nSPS) is 26.6. The molecule has 0 bridgehead atoms. The van der Waals surface area contributed by atoms with Gasteiger partial charge in [-0.15, -0.1) is 0 Å². The first-order chi connectivity index (χ1) is 7.68. The minimum Gasteiger partial charge on any atom is -0.348 e. The molecule has 3 unspecified atom stereocenters. The van der Waals surface area contributed by atoms with Crippen molar-refractivity contribution in [1.29, 1.82) is 0 Å². The molecule has 0 radical (unpaired) electrons. The average molecular weight is 238 g/mol. The van der Waals surface area contributed by atoms with Crippen LogP contribution >= 0.6 is 11.3 Å². The minimum atomic E-state index is -0.0129. The predicted octanol–water partition coefficient (Wildman–Crippen LogP) is 1.92. The van der Waals surface area contributed by atoms with Gasteiger partial charge in [-0.25, -0.2) is 0 Å². The van der Waals surface area contributed by atoms with Gasteiger partial charge in [0.2, 0.25) is 5.91 Å². The molecule has 88 valence electrons. The molecule has 2 rings (SSSR count). The van der Waals surface area contributed by atoms with Crippen LogP contribution in [0.1, 0.15) is 31.9 Å². The summed E-state index contributed by atoms with van der Waals surface area (Å²) in [6.07, 6.45) is 1.09. The lowest BCUT2D eigenvalue weighted by molar-refractivity contribution is -0.124. The second kappa shape index (κ2) is 4.97. The summed E-state index contributed by atoms with van der Waals surface area (Å²) in [5, 5.41) is 10.4. The quantitative estimate of drug-likeness (QED) is 0.844. The molecular formula is C12H18N2OS. The lowest BCUT2D eigenvalue weighted by atomic mass is 10.0. The fraction of sp³-hybridized carbons (Fsp3) is 0.583. The summed E-state index contributed by atoms with van der Waals surface area (Å²) in [4.78, 5) is 12.0. The van der Waals surface area contributed by atoms with Gasteiger partial charge in [0.25, 0.3) is 0 Å². The van der Waals surface area contributed by atoms with Crippen LogP contribution in [0.3, 0.4) is 0 Å². The zero-order valence-electron chi connectivity index (χ0n) is 9.69. The molecule has 0 saturated carbocycles. The van der Waals surface area contributed by atoms with Crippen molar-refractivity contribution in [3.63, 3.8) is 0 Å². The Kier molecular flexibility index (Phi) is 3.61. The van der Waals surface area contributed by atoms with Gasteiger partial charge in [-0.3, -0.25) is 4.79 Å². The zero-order valence-corrected chi connectivity index (χ0v) is 10.5. The third-order valence-corrected chi connectivity index (χ3v) is 3.92. The fourth-order valence-corrected chi connectivity index (χ4v) is 2.85. The van der Waals surface area contributed by atoms with Gasteiger partial charge in [-0.2, -0.15) is 11.3 Å². The molecule has 3 atom stereocenters. The number of hydrogen-bond donors (Lipinski definition) is 2. The molecule has 1 aliphatic heterocycles. The molecule has 1 aromatic heterocycles. The molecular weight excluding hydrogens is 220 g/mol. The van der Waals surface area contributed by atoms with Crippen molar-refractivity contribution in [1.82, 2.24) is 10.6 Å². The van der Waals surface area contributed by atoms with E-state index in [1.54, 1.807) is 11.3 Å². The van der Waals surface area contributed by atoms with E-state index in [-0.39, 0.29) is 18.0 Å². The molecule has 4 heteroatoms.